The molecule has 1 fully saturated rings. The van der Waals surface area contributed by atoms with E-state index in [2.05, 4.69) is 20.3 Å². The predicted octanol–water partition coefficient (Wildman–Crippen LogP) is 3.26. The molecule has 0 spiro atoms. The molecule has 1 amide bonds. The molecular formula is C21H19F2N5O. The highest BCUT2D eigenvalue weighted by Gasteiger charge is 2.47. The first-order chi connectivity index (χ1) is 14.0. The molecule has 0 saturated heterocycles. The quantitative estimate of drug-likeness (QED) is 0.668. The normalized spacial score (nSPS) is 20.7. The second-order valence-electron chi connectivity index (χ2n) is 7.21. The van der Waals surface area contributed by atoms with E-state index in [-0.39, 0.29) is 11.1 Å². The number of benzene rings is 1. The van der Waals surface area contributed by atoms with Crippen molar-refractivity contribution < 1.29 is 13.6 Å². The van der Waals surface area contributed by atoms with E-state index in [4.69, 9.17) is 5.73 Å². The molecule has 0 radical (unpaired) electrons. The van der Waals surface area contributed by atoms with Gasteiger partial charge in [-0.1, -0.05) is 6.07 Å². The van der Waals surface area contributed by atoms with Gasteiger partial charge >= 0.3 is 0 Å². The van der Waals surface area contributed by atoms with Crippen LogP contribution in [0, 0.1) is 5.82 Å². The maximum absolute atomic E-state index is 14.1. The standard InChI is InChI=1S/C21H19F2N5O/c22-15-8-21(9-15,18-3-1-2-6-25-18)12-28-20-26-10-14(11-27-20)16-7-13(19(24)29)4-5-17(16)23/h1-7,10-11,15H,8-9,12H2,(H2,24,29)(H,26,27,28)/t15-,21+. The molecule has 0 unspecified atom stereocenters. The number of primary amides is 1. The fraction of sp³-hybridized carbons (Fsp3) is 0.238. The number of rotatable bonds is 6. The van der Waals surface area contributed by atoms with Crippen LogP contribution < -0.4 is 11.1 Å². The molecule has 1 saturated carbocycles. The van der Waals surface area contributed by atoms with Crippen LogP contribution in [-0.4, -0.2) is 33.6 Å². The summed E-state index contributed by atoms with van der Waals surface area (Å²) in [4.78, 5) is 24.2. The van der Waals surface area contributed by atoms with Crippen molar-refractivity contribution in [1.82, 2.24) is 15.0 Å². The number of carbonyl (C=O) groups is 1. The average Bonchev–Trinajstić information content (AvgIpc) is 2.71. The molecule has 1 aliphatic rings. The SMILES string of the molecule is NC(=O)c1ccc(F)c(-c2cnc(NC[C@]3(c4ccccn4)C[C@@H](F)C3)nc2)c1. The zero-order valence-corrected chi connectivity index (χ0v) is 15.5. The monoisotopic (exact) mass is 395 g/mol. The number of aromatic nitrogens is 3. The van der Waals surface area contributed by atoms with Crippen LogP contribution in [0.3, 0.4) is 0 Å². The second-order valence-corrected chi connectivity index (χ2v) is 7.21. The highest BCUT2D eigenvalue weighted by molar-refractivity contribution is 5.94. The summed E-state index contributed by atoms with van der Waals surface area (Å²) in [5, 5.41) is 3.13. The summed E-state index contributed by atoms with van der Waals surface area (Å²) in [6.07, 6.45) is 4.56. The molecule has 0 bridgehead atoms. The Morgan fingerprint density at radius 1 is 1.17 bits per heavy atom. The van der Waals surface area contributed by atoms with Crippen LogP contribution in [0.25, 0.3) is 11.1 Å². The number of nitrogens with one attached hydrogen (secondary N) is 1. The van der Waals surface area contributed by atoms with Crippen molar-refractivity contribution in [3.63, 3.8) is 0 Å². The summed E-state index contributed by atoms with van der Waals surface area (Å²) in [5.74, 6) is -0.799. The van der Waals surface area contributed by atoms with Crippen LogP contribution >= 0.6 is 0 Å². The van der Waals surface area contributed by atoms with Crippen molar-refractivity contribution in [3.05, 3.63) is 72.1 Å². The number of anilines is 1. The Morgan fingerprint density at radius 3 is 2.55 bits per heavy atom. The van der Waals surface area contributed by atoms with Crippen LogP contribution in [0.4, 0.5) is 14.7 Å². The summed E-state index contributed by atoms with van der Waals surface area (Å²) >= 11 is 0. The smallest absolute Gasteiger partial charge is 0.248 e. The lowest BCUT2D eigenvalue weighted by Crippen LogP contribution is -2.48. The van der Waals surface area contributed by atoms with Gasteiger partial charge in [0.1, 0.15) is 12.0 Å². The molecular weight excluding hydrogens is 376 g/mol. The van der Waals surface area contributed by atoms with E-state index in [0.717, 1.165) is 5.69 Å². The maximum Gasteiger partial charge on any atom is 0.248 e. The second kappa shape index (κ2) is 7.54. The van der Waals surface area contributed by atoms with Gasteiger partial charge in [0.25, 0.3) is 0 Å². The van der Waals surface area contributed by atoms with E-state index in [9.17, 15) is 13.6 Å². The Bertz CT molecular complexity index is 1020. The Morgan fingerprint density at radius 2 is 1.93 bits per heavy atom. The van der Waals surface area contributed by atoms with Crippen LogP contribution in [-0.2, 0) is 5.41 Å². The van der Waals surface area contributed by atoms with Crippen molar-refractivity contribution in [2.24, 2.45) is 5.73 Å². The molecule has 1 aromatic carbocycles. The third-order valence-electron chi connectivity index (χ3n) is 5.23. The minimum atomic E-state index is -0.845. The first-order valence-electron chi connectivity index (χ1n) is 9.18. The van der Waals surface area contributed by atoms with E-state index in [1.54, 1.807) is 6.20 Å². The zero-order valence-electron chi connectivity index (χ0n) is 15.5. The fourth-order valence-corrected chi connectivity index (χ4v) is 3.62. The van der Waals surface area contributed by atoms with Gasteiger partial charge in [-0.3, -0.25) is 9.78 Å². The molecule has 4 rings (SSSR count). The van der Waals surface area contributed by atoms with E-state index in [1.165, 1.54) is 30.6 Å². The van der Waals surface area contributed by atoms with Crippen molar-refractivity contribution >= 4 is 11.9 Å². The predicted molar refractivity (Wildman–Crippen MR) is 104 cm³/mol. The number of amides is 1. The molecule has 1 aliphatic carbocycles. The summed E-state index contributed by atoms with van der Waals surface area (Å²) in [7, 11) is 0. The number of nitrogens with zero attached hydrogens (tertiary/aromatic N) is 3. The van der Waals surface area contributed by atoms with E-state index < -0.39 is 23.3 Å². The molecule has 8 heteroatoms. The van der Waals surface area contributed by atoms with Gasteiger partial charge in [0.15, 0.2) is 0 Å². The van der Waals surface area contributed by atoms with Crippen LogP contribution in [0.15, 0.2) is 55.0 Å². The summed E-state index contributed by atoms with van der Waals surface area (Å²) in [5.41, 5.74) is 6.51. The number of carbonyl (C=O) groups excluding carboxylic acids is 1. The lowest BCUT2D eigenvalue weighted by Gasteiger charge is -2.43. The molecule has 148 valence electrons. The third kappa shape index (κ3) is 3.78. The summed E-state index contributed by atoms with van der Waals surface area (Å²) in [6, 6.07) is 9.48. The highest BCUT2D eigenvalue weighted by atomic mass is 19.1. The fourth-order valence-electron chi connectivity index (χ4n) is 3.62. The van der Waals surface area contributed by atoms with Crippen molar-refractivity contribution in [2.75, 3.05) is 11.9 Å². The van der Waals surface area contributed by atoms with Gasteiger partial charge in [0, 0.05) is 52.9 Å². The van der Waals surface area contributed by atoms with E-state index in [0.29, 0.717) is 30.9 Å². The molecule has 0 atom stereocenters. The topological polar surface area (TPSA) is 93.8 Å². The van der Waals surface area contributed by atoms with Gasteiger partial charge < -0.3 is 11.1 Å². The van der Waals surface area contributed by atoms with Crippen LogP contribution in [0.5, 0.6) is 0 Å². The Kier molecular flexibility index (Phi) is 4.92. The zero-order chi connectivity index (χ0) is 20.4. The lowest BCUT2D eigenvalue weighted by atomic mass is 9.65. The molecule has 0 aliphatic heterocycles. The van der Waals surface area contributed by atoms with Crippen molar-refractivity contribution in [1.29, 1.82) is 0 Å². The van der Waals surface area contributed by atoms with Gasteiger partial charge in [0.05, 0.1) is 0 Å². The number of nitrogens with two attached hydrogens (primary N) is 1. The summed E-state index contributed by atoms with van der Waals surface area (Å²) in [6.45, 7) is 0.440. The molecule has 3 aromatic rings. The highest BCUT2D eigenvalue weighted by Crippen LogP contribution is 2.44. The third-order valence-corrected chi connectivity index (χ3v) is 5.23. The van der Waals surface area contributed by atoms with Crippen molar-refractivity contribution in [3.8, 4) is 11.1 Å². The van der Waals surface area contributed by atoms with Gasteiger partial charge in [-0.05, 0) is 43.2 Å². The Labute approximate surface area is 166 Å². The van der Waals surface area contributed by atoms with Gasteiger partial charge in [-0.2, -0.15) is 0 Å². The molecule has 2 heterocycles. The number of halogens is 2. The molecule has 29 heavy (non-hydrogen) atoms. The molecule has 2 aromatic heterocycles. The number of alkyl halides is 1. The number of hydrogen-bond acceptors (Lipinski definition) is 5. The average molecular weight is 395 g/mol. The van der Waals surface area contributed by atoms with Crippen molar-refractivity contribution in [2.45, 2.75) is 24.4 Å². The maximum atomic E-state index is 14.1. The largest absolute Gasteiger partial charge is 0.366 e. The van der Waals surface area contributed by atoms with E-state index >= 15 is 0 Å². The lowest BCUT2D eigenvalue weighted by molar-refractivity contribution is 0.0993. The van der Waals surface area contributed by atoms with Gasteiger partial charge in [-0.25, -0.2) is 18.7 Å². The van der Waals surface area contributed by atoms with Crippen LogP contribution in [0.2, 0.25) is 0 Å². The van der Waals surface area contributed by atoms with Gasteiger partial charge in [-0.15, -0.1) is 0 Å². The minimum Gasteiger partial charge on any atom is -0.366 e. The molecule has 6 nitrogen and oxygen atoms in total. The Hall–Kier alpha value is -3.42. The molecule has 3 N–H and O–H groups in total. The summed E-state index contributed by atoms with van der Waals surface area (Å²) < 4.78 is 27.8. The number of pyridine rings is 1. The van der Waals surface area contributed by atoms with Crippen LogP contribution in [0.1, 0.15) is 28.9 Å². The minimum absolute atomic E-state index is 0.192. The van der Waals surface area contributed by atoms with E-state index in [1.807, 2.05) is 18.2 Å². The number of hydrogen-bond donors (Lipinski definition) is 2. The van der Waals surface area contributed by atoms with Gasteiger partial charge in [0.2, 0.25) is 11.9 Å². The first kappa shape index (κ1) is 18.9. The first-order valence-corrected chi connectivity index (χ1v) is 9.18. The Balaban J connectivity index is 1.50.